The number of hydrogen-bond acceptors (Lipinski definition) is 2. The first-order valence-corrected chi connectivity index (χ1v) is 20.5. The van der Waals surface area contributed by atoms with Crippen LogP contribution >= 0.6 is 0 Å². The Bertz CT molecular complexity index is 3240. The van der Waals surface area contributed by atoms with Gasteiger partial charge >= 0.3 is 0 Å². The third-order valence-corrected chi connectivity index (χ3v) is 11.7. The molecule has 1 aromatic heterocycles. The van der Waals surface area contributed by atoms with Crippen molar-refractivity contribution in [1.29, 1.82) is 0 Å². The van der Waals surface area contributed by atoms with Crippen molar-refractivity contribution in [2.24, 2.45) is 0 Å². The average molecular weight is 766 g/mol. The van der Waals surface area contributed by atoms with Crippen LogP contribution in [0.25, 0.3) is 88.3 Å². The van der Waals surface area contributed by atoms with E-state index in [1.54, 1.807) is 0 Å². The number of furan rings is 1. The molecule has 60 heavy (non-hydrogen) atoms. The van der Waals surface area contributed by atoms with Crippen LogP contribution in [0.3, 0.4) is 0 Å². The maximum atomic E-state index is 6.98. The highest BCUT2D eigenvalue weighted by Crippen LogP contribution is 2.46. The Morgan fingerprint density at radius 1 is 0.267 bits per heavy atom. The second-order valence-electron chi connectivity index (χ2n) is 15.4. The van der Waals surface area contributed by atoms with Crippen molar-refractivity contribution in [1.82, 2.24) is 0 Å². The van der Waals surface area contributed by atoms with Crippen molar-refractivity contribution in [3.8, 4) is 55.6 Å². The van der Waals surface area contributed by atoms with E-state index in [0.717, 1.165) is 61.1 Å². The molecule has 11 rings (SSSR count). The van der Waals surface area contributed by atoms with Gasteiger partial charge in [-0.15, -0.1) is 0 Å². The molecule has 2 nitrogen and oxygen atoms in total. The lowest BCUT2D eigenvalue weighted by atomic mass is 9.97. The minimum atomic E-state index is 0.845. The minimum Gasteiger partial charge on any atom is -0.454 e. The van der Waals surface area contributed by atoms with Crippen molar-refractivity contribution in [3.63, 3.8) is 0 Å². The fourth-order valence-electron chi connectivity index (χ4n) is 8.51. The maximum Gasteiger partial charge on any atom is 0.159 e. The summed E-state index contributed by atoms with van der Waals surface area (Å²) in [7, 11) is 0. The summed E-state index contributed by atoms with van der Waals surface area (Å²) in [5.74, 6) is 0. The molecule has 10 aromatic carbocycles. The van der Waals surface area contributed by atoms with E-state index in [9.17, 15) is 0 Å². The summed E-state index contributed by atoms with van der Waals surface area (Å²) in [6.45, 7) is 0. The molecule has 0 aliphatic heterocycles. The smallest absolute Gasteiger partial charge is 0.159 e. The van der Waals surface area contributed by atoms with Crippen LogP contribution in [0.5, 0.6) is 0 Å². The second-order valence-corrected chi connectivity index (χ2v) is 15.4. The van der Waals surface area contributed by atoms with E-state index in [1.807, 2.05) is 0 Å². The Morgan fingerprint density at radius 2 is 0.617 bits per heavy atom. The fourth-order valence-corrected chi connectivity index (χ4v) is 8.51. The van der Waals surface area contributed by atoms with Gasteiger partial charge in [-0.25, -0.2) is 0 Å². The lowest BCUT2D eigenvalue weighted by Gasteiger charge is -2.26. The zero-order valence-electron chi connectivity index (χ0n) is 32.9. The van der Waals surface area contributed by atoms with Gasteiger partial charge < -0.3 is 9.32 Å². The molecular weight excluding hydrogens is 727 g/mol. The molecule has 11 aromatic rings. The topological polar surface area (TPSA) is 16.4 Å². The molecule has 0 amide bonds. The summed E-state index contributed by atoms with van der Waals surface area (Å²) < 4.78 is 6.98. The molecule has 0 radical (unpaired) electrons. The minimum absolute atomic E-state index is 0.845. The first kappa shape index (κ1) is 35.2. The van der Waals surface area contributed by atoms with Crippen LogP contribution in [-0.4, -0.2) is 0 Å². The predicted molar refractivity (Wildman–Crippen MR) is 253 cm³/mol. The first-order valence-electron chi connectivity index (χ1n) is 20.5. The first-order chi connectivity index (χ1) is 29.7. The van der Waals surface area contributed by atoms with Crippen LogP contribution in [0.15, 0.2) is 241 Å². The van der Waals surface area contributed by atoms with Crippen LogP contribution in [0.1, 0.15) is 0 Å². The maximum absolute atomic E-state index is 6.98. The molecule has 2 heteroatoms. The fraction of sp³-hybridized carbons (Fsp3) is 0. The standard InChI is InChI=1S/C58H39NO/c1-4-12-40(13-5-1)43-20-22-45(23-21-43)47-30-34-53(35-31-47)59(52-32-28-46(29-33-52)42-16-8-3-9-17-42)56-38-51(48-26-24-44(25-27-48)41-14-6-2-7-15-41)37-55-54-36-49-18-10-11-19-50(49)39-57(54)60-58(55)56/h1-39H. The summed E-state index contributed by atoms with van der Waals surface area (Å²) in [5, 5.41) is 4.52. The third-order valence-electron chi connectivity index (χ3n) is 11.7. The number of hydrogen-bond donors (Lipinski definition) is 0. The Balaban J connectivity index is 1.08. The van der Waals surface area contributed by atoms with Gasteiger partial charge in [-0.1, -0.05) is 188 Å². The van der Waals surface area contributed by atoms with Gasteiger partial charge in [-0.3, -0.25) is 0 Å². The quantitative estimate of drug-likeness (QED) is 0.153. The molecule has 0 saturated carbocycles. The normalized spacial score (nSPS) is 11.3. The SMILES string of the molecule is c1ccc(-c2ccc(-c3ccc(N(c4ccc(-c5ccccc5)cc4)c4cc(-c5ccc(-c6ccccc6)cc5)cc5c4oc4cc6ccccc6cc45)cc3)cc2)cc1. The summed E-state index contributed by atoms with van der Waals surface area (Å²) in [6, 6.07) is 84.8. The molecule has 0 saturated heterocycles. The van der Waals surface area contributed by atoms with E-state index in [1.165, 1.54) is 44.3 Å². The zero-order valence-corrected chi connectivity index (χ0v) is 32.9. The molecule has 282 valence electrons. The van der Waals surface area contributed by atoms with Crippen LogP contribution in [0, 0.1) is 0 Å². The zero-order chi connectivity index (χ0) is 39.8. The lowest BCUT2D eigenvalue weighted by Crippen LogP contribution is -2.10. The van der Waals surface area contributed by atoms with Crippen LogP contribution < -0.4 is 4.90 Å². The van der Waals surface area contributed by atoms with E-state index < -0.39 is 0 Å². The van der Waals surface area contributed by atoms with Gasteiger partial charge in [-0.05, 0) is 115 Å². The Hall–Kier alpha value is -7.94. The van der Waals surface area contributed by atoms with Crippen molar-refractivity contribution in [3.05, 3.63) is 237 Å². The van der Waals surface area contributed by atoms with Crippen molar-refractivity contribution in [2.75, 3.05) is 4.90 Å². The van der Waals surface area contributed by atoms with Crippen molar-refractivity contribution in [2.45, 2.75) is 0 Å². The lowest BCUT2D eigenvalue weighted by molar-refractivity contribution is 0.669. The van der Waals surface area contributed by atoms with E-state index in [-0.39, 0.29) is 0 Å². The Labute approximate surface area is 349 Å². The number of nitrogens with zero attached hydrogens (tertiary/aromatic N) is 1. The van der Waals surface area contributed by atoms with Crippen LogP contribution in [0.2, 0.25) is 0 Å². The van der Waals surface area contributed by atoms with Gasteiger partial charge in [0.15, 0.2) is 5.58 Å². The van der Waals surface area contributed by atoms with Crippen LogP contribution in [-0.2, 0) is 0 Å². The molecule has 0 bridgehead atoms. The Kier molecular flexibility index (Phi) is 8.87. The number of anilines is 3. The molecule has 0 atom stereocenters. The van der Waals surface area contributed by atoms with Gasteiger partial charge in [0, 0.05) is 22.1 Å². The summed E-state index contributed by atoms with van der Waals surface area (Å²) in [4.78, 5) is 2.35. The van der Waals surface area contributed by atoms with E-state index in [2.05, 4.69) is 241 Å². The molecule has 1 heterocycles. The van der Waals surface area contributed by atoms with E-state index in [4.69, 9.17) is 4.42 Å². The van der Waals surface area contributed by atoms with E-state index in [0.29, 0.717) is 0 Å². The number of benzene rings is 10. The molecule has 0 aliphatic rings. The molecule has 0 N–H and O–H groups in total. The molecule has 0 fully saturated rings. The van der Waals surface area contributed by atoms with Gasteiger partial charge in [0.25, 0.3) is 0 Å². The number of rotatable bonds is 8. The van der Waals surface area contributed by atoms with Gasteiger partial charge in [-0.2, -0.15) is 0 Å². The highest BCUT2D eigenvalue weighted by atomic mass is 16.3. The van der Waals surface area contributed by atoms with Crippen LogP contribution in [0.4, 0.5) is 17.1 Å². The second kappa shape index (κ2) is 15.1. The van der Waals surface area contributed by atoms with E-state index >= 15 is 0 Å². The van der Waals surface area contributed by atoms with Gasteiger partial charge in [0.1, 0.15) is 5.58 Å². The molecule has 0 spiro atoms. The van der Waals surface area contributed by atoms with Gasteiger partial charge in [0.2, 0.25) is 0 Å². The van der Waals surface area contributed by atoms with Crippen molar-refractivity contribution >= 4 is 49.8 Å². The highest BCUT2D eigenvalue weighted by molar-refractivity contribution is 6.15. The summed E-state index contributed by atoms with van der Waals surface area (Å²) in [5.41, 5.74) is 16.5. The molecule has 0 aliphatic carbocycles. The molecule has 0 unspecified atom stereocenters. The molecular formula is C58H39NO. The Morgan fingerprint density at radius 3 is 1.05 bits per heavy atom. The monoisotopic (exact) mass is 765 g/mol. The average Bonchev–Trinajstić information content (AvgIpc) is 3.69. The van der Waals surface area contributed by atoms with Crippen molar-refractivity contribution < 1.29 is 4.42 Å². The summed E-state index contributed by atoms with van der Waals surface area (Å²) >= 11 is 0. The summed E-state index contributed by atoms with van der Waals surface area (Å²) in [6.07, 6.45) is 0. The largest absolute Gasteiger partial charge is 0.454 e. The highest BCUT2D eigenvalue weighted by Gasteiger charge is 2.22. The predicted octanol–water partition coefficient (Wildman–Crippen LogP) is 16.5. The third kappa shape index (κ3) is 6.61. The van der Waals surface area contributed by atoms with Gasteiger partial charge in [0.05, 0.1) is 5.69 Å². The number of fused-ring (bicyclic) bond motifs is 4.